The van der Waals surface area contributed by atoms with Gasteiger partial charge in [0, 0.05) is 12.5 Å². The molecule has 1 unspecified atom stereocenters. The maximum atomic E-state index is 11.0. The van der Waals surface area contributed by atoms with E-state index in [1.54, 1.807) is 0 Å². The second-order valence-electron chi connectivity index (χ2n) is 3.57. The van der Waals surface area contributed by atoms with Crippen molar-refractivity contribution in [3.05, 3.63) is 36.5 Å². The Labute approximate surface area is 83.0 Å². The van der Waals surface area contributed by atoms with Gasteiger partial charge in [-0.05, 0) is 6.42 Å². The number of carbonyl (C=O) groups is 1. The van der Waals surface area contributed by atoms with Crippen LogP contribution >= 0.6 is 0 Å². The molecule has 0 saturated heterocycles. The van der Waals surface area contributed by atoms with Gasteiger partial charge < -0.3 is 5.11 Å². The molecule has 1 aliphatic carbocycles. The highest BCUT2D eigenvalue weighted by Crippen LogP contribution is 2.24. The summed E-state index contributed by atoms with van der Waals surface area (Å²) in [4.78, 5) is 12.5. The fraction of sp³-hybridized carbons (Fsp3) is 0.364. The van der Waals surface area contributed by atoms with Crippen molar-refractivity contribution in [3.63, 3.8) is 0 Å². The van der Waals surface area contributed by atoms with Crippen molar-refractivity contribution >= 4 is 6.09 Å². The van der Waals surface area contributed by atoms with Gasteiger partial charge >= 0.3 is 6.09 Å². The molecule has 3 heteroatoms. The van der Waals surface area contributed by atoms with Gasteiger partial charge in [-0.15, -0.1) is 0 Å². The van der Waals surface area contributed by atoms with Crippen LogP contribution < -0.4 is 0 Å². The lowest BCUT2D eigenvalue weighted by Crippen LogP contribution is -2.42. The number of nitrogens with zero attached hydrogens (tertiary/aromatic N) is 1. The first-order valence-electron chi connectivity index (χ1n) is 4.78. The van der Waals surface area contributed by atoms with Gasteiger partial charge in [-0.2, -0.15) is 0 Å². The number of hydrogen-bond donors (Lipinski definition) is 1. The predicted molar refractivity (Wildman–Crippen MR) is 54.0 cm³/mol. The highest BCUT2D eigenvalue weighted by molar-refractivity contribution is 5.66. The van der Waals surface area contributed by atoms with Gasteiger partial charge in [-0.3, -0.25) is 4.90 Å². The molecule has 1 heterocycles. The van der Waals surface area contributed by atoms with E-state index in [4.69, 9.17) is 5.11 Å². The minimum atomic E-state index is -0.841. The largest absolute Gasteiger partial charge is 0.465 e. The van der Waals surface area contributed by atoms with Crippen molar-refractivity contribution in [2.75, 3.05) is 6.54 Å². The molecule has 0 bridgehead atoms. The molecule has 0 fully saturated rings. The molecule has 2 rings (SSSR count). The normalized spacial score (nSPS) is 29.9. The second kappa shape index (κ2) is 3.70. The monoisotopic (exact) mass is 191 g/mol. The van der Waals surface area contributed by atoms with Crippen LogP contribution in [0.2, 0.25) is 0 Å². The molecule has 3 nitrogen and oxygen atoms in total. The molecule has 0 aromatic carbocycles. The standard InChI is InChI=1S/C11H13NO2/c13-11(14)12-8-4-3-6-9-5-1-2-7-10(9)12/h1-5,7,9-10H,6,8H2,(H,13,14)/t9?,10-/m0/s1. The van der Waals surface area contributed by atoms with Crippen LogP contribution in [0.15, 0.2) is 36.5 Å². The van der Waals surface area contributed by atoms with Crippen LogP contribution in [0.5, 0.6) is 0 Å². The van der Waals surface area contributed by atoms with E-state index in [0.29, 0.717) is 12.5 Å². The first-order valence-corrected chi connectivity index (χ1v) is 4.78. The molecule has 0 aromatic rings. The maximum absolute atomic E-state index is 11.0. The molecule has 1 N–H and O–H groups in total. The third-order valence-corrected chi connectivity index (χ3v) is 2.70. The van der Waals surface area contributed by atoms with Crippen molar-refractivity contribution in [1.82, 2.24) is 4.90 Å². The Kier molecular flexibility index (Phi) is 2.39. The quantitative estimate of drug-likeness (QED) is 0.595. The van der Waals surface area contributed by atoms with E-state index in [-0.39, 0.29) is 6.04 Å². The van der Waals surface area contributed by atoms with E-state index in [0.717, 1.165) is 6.42 Å². The lowest BCUT2D eigenvalue weighted by Gasteiger charge is -2.30. The number of amides is 1. The average Bonchev–Trinajstić information content (AvgIpc) is 2.39. The molecule has 0 spiro atoms. The molecule has 14 heavy (non-hydrogen) atoms. The van der Waals surface area contributed by atoms with E-state index in [1.165, 1.54) is 4.90 Å². The molecular weight excluding hydrogens is 178 g/mol. The third-order valence-electron chi connectivity index (χ3n) is 2.70. The molecule has 2 aliphatic rings. The van der Waals surface area contributed by atoms with Crippen molar-refractivity contribution < 1.29 is 9.90 Å². The highest BCUT2D eigenvalue weighted by Gasteiger charge is 2.28. The Morgan fingerprint density at radius 3 is 2.86 bits per heavy atom. The zero-order valence-electron chi connectivity index (χ0n) is 7.84. The molecule has 0 radical (unpaired) electrons. The van der Waals surface area contributed by atoms with Gasteiger partial charge in [0.2, 0.25) is 0 Å². The number of allylic oxidation sites excluding steroid dienone is 3. The van der Waals surface area contributed by atoms with Crippen molar-refractivity contribution in [3.8, 4) is 0 Å². The number of carboxylic acid groups (broad SMARTS) is 1. The third kappa shape index (κ3) is 1.58. The Bertz CT molecular complexity index is 317. The summed E-state index contributed by atoms with van der Waals surface area (Å²) in [6.07, 6.45) is 12.0. The van der Waals surface area contributed by atoms with Gasteiger partial charge in [-0.25, -0.2) is 4.79 Å². The Morgan fingerprint density at radius 1 is 1.29 bits per heavy atom. The summed E-state index contributed by atoms with van der Waals surface area (Å²) in [7, 11) is 0. The fourth-order valence-corrected chi connectivity index (χ4v) is 1.96. The Hall–Kier alpha value is -1.51. The van der Waals surface area contributed by atoms with E-state index in [2.05, 4.69) is 12.2 Å². The van der Waals surface area contributed by atoms with Crippen LogP contribution in [0.3, 0.4) is 0 Å². The van der Waals surface area contributed by atoms with E-state index >= 15 is 0 Å². The predicted octanol–water partition coefficient (Wildman–Crippen LogP) is 2.04. The van der Waals surface area contributed by atoms with Gasteiger partial charge in [-0.1, -0.05) is 36.5 Å². The second-order valence-corrected chi connectivity index (χ2v) is 3.57. The van der Waals surface area contributed by atoms with Crippen LogP contribution in [0.4, 0.5) is 4.79 Å². The summed E-state index contributed by atoms with van der Waals surface area (Å²) < 4.78 is 0. The number of fused-ring (bicyclic) bond motifs is 1. The van der Waals surface area contributed by atoms with Crippen LogP contribution in [0, 0.1) is 5.92 Å². The van der Waals surface area contributed by atoms with Gasteiger partial charge in [0.15, 0.2) is 0 Å². The van der Waals surface area contributed by atoms with Gasteiger partial charge in [0.25, 0.3) is 0 Å². The van der Waals surface area contributed by atoms with Crippen LogP contribution in [0.25, 0.3) is 0 Å². The zero-order valence-corrected chi connectivity index (χ0v) is 7.84. The molecule has 0 aromatic heterocycles. The molecule has 2 atom stereocenters. The first kappa shape index (κ1) is 9.06. The first-order chi connectivity index (χ1) is 6.79. The smallest absolute Gasteiger partial charge is 0.408 e. The SMILES string of the molecule is O=C(O)N1CC=CCC2C=CC=C[C@@H]21. The van der Waals surface area contributed by atoms with Crippen molar-refractivity contribution in [2.45, 2.75) is 12.5 Å². The van der Waals surface area contributed by atoms with Gasteiger partial charge in [0.1, 0.15) is 0 Å². The lowest BCUT2D eigenvalue weighted by molar-refractivity contribution is 0.132. The summed E-state index contributed by atoms with van der Waals surface area (Å²) in [6.45, 7) is 0.495. The van der Waals surface area contributed by atoms with E-state index < -0.39 is 6.09 Å². The minimum Gasteiger partial charge on any atom is -0.465 e. The lowest BCUT2D eigenvalue weighted by atomic mass is 9.92. The number of hydrogen-bond acceptors (Lipinski definition) is 1. The zero-order chi connectivity index (χ0) is 9.97. The summed E-state index contributed by atoms with van der Waals surface area (Å²) in [5.74, 6) is 0.301. The molecule has 74 valence electrons. The van der Waals surface area contributed by atoms with Crippen molar-refractivity contribution in [1.29, 1.82) is 0 Å². The molecule has 0 saturated carbocycles. The Morgan fingerprint density at radius 2 is 2.07 bits per heavy atom. The van der Waals surface area contributed by atoms with Crippen LogP contribution in [-0.4, -0.2) is 28.7 Å². The summed E-state index contributed by atoms with van der Waals surface area (Å²) in [5.41, 5.74) is 0. The minimum absolute atomic E-state index is 0.00694. The highest BCUT2D eigenvalue weighted by atomic mass is 16.4. The van der Waals surface area contributed by atoms with Crippen molar-refractivity contribution in [2.24, 2.45) is 5.92 Å². The summed E-state index contributed by atoms with van der Waals surface area (Å²) in [6, 6.07) is 0.00694. The van der Waals surface area contributed by atoms with E-state index in [1.807, 2.05) is 24.3 Å². The van der Waals surface area contributed by atoms with E-state index in [9.17, 15) is 4.79 Å². The maximum Gasteiger partial charge on any atom is 0.408 e. The molecule has 1 aliphatic heterocycles. The number of rotatable bonds is 0. The molecular formula is C11H13NO2. The topological polar surface area (TPSA) is 40.5 Å². The van der Waals surface area contributed by atoms with Crippen LogP contribution in [-0.2, 0) is 0 Å². The van der Waals surface area contributed by atoms with Gasteiger partial charge in [0.05, 0.1) is 6.04 Å². The van der Waals surface area contributed by atoms with Crippen LogP contribution in [0.1, 0.15) is 6.42 Å². The summed E-state index contributed by atoms with van der Waals surface area (Å²) >= 11 is 0. The summed E-state index contributed by atoms with van der Waals surface area (Å²) in [5, 5.41) is 9.04. The Balaban J connectivity index is 2.25. The fourth-order valence-electron chi connectivity index (χ4n) is 1.96. The molecule has 1 amide bonds. The average molecular weight is 191 g/mol.